The smallest absolute Gasteiger partial charge is 0.257 e. The van der Waals surface area contributed by atoms with Gasteiger partial charge in [-0.05, 0) is 25.8 Å². The molecule has 0 aliphatic heterocycles. The van der Waals surface area contributed by atoms with Crippen LogP contribution in [0.2, 0.25) is 0 Å². The number of carbonyl (C=O) groups excluding carboxylic acids is 1. The van der Waals surface area contributed by atoms with Gasteiger partial charge in [0.15, 0.2) is 5.82 Å². The monoisotopic (exact) mass is 453 g/mol. The summed E-state index contributed by atoms with van der Waals surface area (Å²) in [6.07, 6.45) is 5.41. The molecule has 3 aromatic heterocycles. The van der Waals surface area contributed by atoms with Crippen LogP contribution in [0.1, 0.15) is 31.5 Å². The number of nitrogens with two attached hydrogens (primary N) is 1. The third kappa shape index (κ3) is 5.34. The summed E-state index contributed by atoms with van der Waals surface area (Å²) in [6.45, 7) is 2.34. The number of H-pyrrole nitrogens is 1. The molecule has 1 aliphatic rings. The zero-order valence-electron chi connectivity index (χ0n) is 18.8. The average molecular weight is 454 g/mol. The zero-order chi connectivity index (χ0) is 23.4. The van der Waals surface area contributed by atoms with Crippen LogP contribution in [0.25, 0.3) is 22.8 Å². The second kappa shape index (κ2) is 9.77. The fourth-order valence-electron chi connectivity index (χ4n) is 3.28. The lowest BCUT2D eigenvalue weighted by Gasteiger charge is -2.14. The van der Waals surface area contributed by atoms with Gasteiger partial charge in [0, 0.05) is 31.8 Å². The predicted octanol–water partition coefficient (Wildman–Crippen LogP) is 1.35. The number of aromatic nitrogens is 6. The molecule has 3 aromatic rings. The molecule has 4 rings (SSSR count). The number of carbonyl (C=O) groups is 1. The van der Waals surface area contributed by atoms with Gasteiger partial charge in [-0.15, -0.1) is 0 Å². The van der Waals surface area contributed by atoms with E-state index in [1.165, 1.54) is 14.2 Å². The van der Waals surface area contributed by atoms with Gasteiger partial charge >= 0.3 is 0 Å². The topological polar surface area (TPSA) is 166 Å². The summed E-state index contributed by atoms with van der Waals surface area (Å²) in [5.74, 6) is 1.98. The zero-order valence-corrected chi connectivity index (χ0v) is 18.8. The Hall–Kier alpha value is -3.80. The van der Waals surface area contributed by atoms with E-state index in [1.807, 2.05) is 6.92 Å². The second-order valence-electron chi connectivity index (χ2n) is 7.82. The normalized spacial score (nSPS) is 14.0. The molecule has 0 saturated heterocycles. The van der Waals surface area contributed by atoms with Crippen molar-refractivity contribution in [3.05, 3.63) is 24.3 Å². The minimum Gasteiger partial charge on any atom is -0.478 e. The standard InChI is InChI=1S/C21H27N9O3/c1-11(26-15(31)10-32-2)8-25-21-23-7-6-13(28-21)16-17(30-19(29-16)12-4-5-12)14-9-24-18(22)20(27-14)33-3/h6-7,9,11-12H,4-5,8,10H2,1-3H3,(H2,22,24)(H,26,31)(H,29,30)(H,23,25,28)/t11-/m0/s1. The summed E-state index contributed by atoms with van der Waals surface area (Å²) in [6, 6.07) is 1.66. The van der Waals surface area contributed by atoms with Crippen molar-refractivity contribution in [1.82, 2.24) is 35.2 Å². The summed E-state index contributed by atoms with van der Waals surface area (Å²) in [5, 5.41) is 5.98. The lowest BCUT2D eigenvalue weighted by Crippen LogP contribution is -2.39. The van der Waals surface area contributed by atoms with E-state index in [1.54, 1.807) is 18.5 Å². The van der Waals surface area contributed by atoms with Gasteiger partial charge in [-0.2, -0.15) is 0 Å². The first-order valence-electron chi connectivity index (χ1n) is 10.6. The Morgan fingerprint density at radius 3 is 2.79 bits per heavy atom. The van der Waals surface area contributed by atoms with Crippen molar-refractivity contribution in [2.45, 2.75) is 31.7 Å². The molecule has 3 heterocycles. The molecule has 0 unspecified atom stereocenters. The van der Waals surface area contributed by atoms with Crippen LogP contribution in [0.4, 0.5) is 11.8 Å². The van der Waals surface area contributed by atoms with E-state index in [4.69, 9.17) is 20.2 Å². The number of rotatable bonds is 10. The largest absolute Gasteiger partial charge is 0.478 e. The molecule has 1 aliphatic carbocycles. The molecule has 1 saturated carbocycles. The van der Waals surface area contributed by atoms with Gasteiger partial charge in [-0.25, -0.2) is 24.9 Å². The van der Waals surface area contributed by atoms with Crippen LogP contribution in [0.5, 0.6) is 5.88 Å². The Kier molecular flexibility index (Phi) is 6.63. The van der Waals surface area contributed by atoms with Crippen molar-refractivity contribution in [3.63, 3.8) is 0 Å². The van der Waals surface area contributed by atoms with Gasteiger partial charge in [-0.1, -0.05) is 0 Å². The van der Waals surface area contributed by atoms with E-state index in [0.29, 0.717) is 41.2 Å². The van der Waals surface area contributed by atoms with Crippen LogP contribution in [-0.4, -0.2) is 69.2 Å². The van der Waals surface area contributed by atoms with Crippen molar-refractivity contribution >= 4 is 17.7 Å². The van der Waals surface area contributed by atoms with E-state index < -0.39 is 0 Å². The molecular formula is C21H27N9O3. The molecule has 0 radical (unpaired) electrons. The third-order valence-corrected chi connectivity index (χ3v) is 5.05. The van der Waals surface area contributed by atoms with Gasteiger partial charge in [0.25, 0.3) is 5.88 Å². The van der Waals surface area contributed by atoms with Gasteiger partial charge in [-0.3, -0.25) is 4.79 Å². The highest BCUT2D eigenvalue weighted by Gasteiger charge is 2.29. The average Bonchev–Trinajstić information content (AvgIpc) is 3.57. The summed E-state index contributed by atoms with van der Waals surface area (Å²) < 4.78 is 10.1. The quantitative estimate of drug-likeness (QED) is 0.352. The Morgan fingerprint density at radius 2 is 2.06 bits per heavy atom. The van der Waals surface area contributed by atoms with Crippen LogP contribution in [0.3, 0.4) is 0 Å². The van der Waals surface area contributed by atoms with Gasteiger partial charge in [0.05, 0.1) is 24.7 Å². The number of amides is 1. The van der Waals surface area contributed by atoms with Crippen molar-refractivity contribution in [3.8, 4) is 28.7 Å². The number of methoxy groups -OCH3 is 2. The Bertz CT molecular complexity index is 1130. The minimum atomic E-state index is -0.184. The maximum atomic E-state index is 11.7. The van der Waals surface area contributed by atoms with Crippen molar-refractivity contribution < 1.29 is 14.3 Å². The SMILES string of the molecule is COCC(=O)N[C@@H](C)CNc1nccc(-c2[nH]c(C3CC3)nc2-c2cnc(N)c(OC)n2)n1. The highest BCUT2D eigenvalue weighted by Crippen LogP contribution is 2.41. The summed E-state index contributed by atoms with van der Waals surface area (Å²) >= 11 is 0. The number of imidazole rings is 1. The second-order valence-corrected chi connectivity index (χ2v) is 7.82. The van der Waals surface area contributed by atoms with E-state index in [-0.39, 0.29) is 30.3 Å². The lowest BCUT2D eigenvalue weighted by atomic mass is 10.2. The fraction of sp³-hybridized carbons (Fsp3) is 0.429. The Labute approximate surface area is 190 Å². The molecule has 1 fully saturated rings. The van der Waals surface area contributed by atoms with E-state index in [2.05, 4.69) is 35.6 Å². The highest BCUT2D eigenvalue weighted by atomic mass is 16.5. The molecule has 5 N–H and O–H groups in total. The van der Waals surface area contributed by atoms with E-state index >= 15 is 0 Å². The van der Waals surface area contributed by atoms with E-state index in [0.717, 1.165) is 18.7 Å². The lowest BCUT2D eigenvalue weighted by molar-refractivity contribution is -0.125. The number of aromatic amines is 1. The summed E-state index contributed by atoms with van der Waals surface area (Å²) in [7, 11) is 2.97. The maximum Gasteiger partial charge on any atom is 0.257 e. The molecule has 1 atom stereocenters. The van der Waals surface area contributed by atoms with Crippen LogP contribution in [0, 0.1) is 0 Å². The first kappa shape index (κ1) is 22.4. The van der Waals surface area contributed by atoms with E-state index in [9.17, 15) is 4.79 Å². The Morgan fingerprint density at radius 1 is 1.24 bits per heavy atom. The number of nitrogen functional groups attached to an aromatic ring is 1. The first-order valence-corrected chi connectivity index (χ1v) is 10.6. The van der Waals surface area contributed by atoms with Crippen molar-refractivity contribution in [1.29, 1.82) is 0 Å². The first-order chi connectivity index (χ1) is 16.0. The molecule has 1 amide bonds. The maximum absolute atomic E-state index is 11.7. The van der Waals surface area contributed by atoms with Crippen LogP contribution in [-0.2, 0) is 9.53 Å². The molecule has 12 nitrogen and oxygen atoms in total. The van der Waals surface area contributed by atoms with Crippen LogP contribution in [0.15, 0.2) is 18.5 Å². The van der Waals surface area contributed by atoms with Crippen LogP contribution >= 0.6 is 0 Å². The minimum absolute atomic E-state index is 0.0149. The van der Waals surface area contributed by atoms with Gasteiger partial charge in [0.2, 0.25) is 11.9 Å². The number of nitrogens with one attached hydrogen (secondary N) is 3. The summed E-state index contributed by atoms with van der Waals surface area (Å²) in [5.41, 5.74) is 8.34. The number of ether oxygens (including phenoxy) is 2. The predicted molar refractivity (Wildman–Crippen MR) is 122 cm³/mol. The molecule has 0 bridgehead atoms. The highest BCUT2D eigenvalue weighted by molar-refractivity contribution is 5.77. The molecular weight excluding hydrogens is 426 g/mol. The molecule has 0 aromatic carbocycles. The fourth-order valence-corrected chi connectivity index (χ4v) is 3.28. The molecule has 0 spiro atoms. The van der Waals surface area contributed by atoms with Crippen LogP contribution < -0.4 is 21.1 Å². The summed E-state index contributed by atoms with van der Waals surface area (Å²) in [4.78, 5) is 37.4. The molecule has 174 valence electrons. The third-order valence-electron chi connectivity index (χ3n) is 5.05. The molecule has 12 heteroatoms. The number of nitrogens with zero attached hydrogens (tertiary/aromatic N) is 5. The van der Waals surface area contributed by atoms with Gasteiger partial charge < -0.3 is 30.8 Å². The number of hydrogen-bond acceptors (Lipinski definition) is 10. The molecule has 33 heavy (non-hydrogen) atoms. The number of hydrogen-bond donors (Lipinski definition) is 4. The van der Waals surface area contributed by atoms with Gasteiger partial charge in [0.1, 0.15) is 23.8 Å². The number of anilines is 2. The van der Waals surface area contributed by atoms with Crippen molar-refractivity contribution in [2.75, 3.05) is 38.4 Å². The van der Waals surface area contributed by atoms with Crippen molar-refractivity contribution in [2.24, 2.45) is 0 Å². The Balaban J connectivity index is 1.58.